The van der Waals surface area contributed by atoms with Crippen molar-refractivity contribution >= 4 is 5.97 Å². The molecule has 6 nitrogen and oxygen atoms in total. The molecule has 1 N–H and O–H groups in total. The second kappa shape index (κ2) is 7.89. The number of carbonyl (C=O) groups excluding carboxylic acids is 1. The van der Waals surface area contributed by atoms with Crippen LogP contribution in [0, 0.1) is 0 Å². The molecule has 0 amide bonds. The minimum absolute atomic E-state index is 0.159. The van der Waals surface area contributed by atoms with Gasteiger partial charge in [0.15, 0.2) is 5.69 Å². The predicted octanol–water partition coefficient (Wildman–Crippen LogP) is 1.74. The first-order valence-corrected chi connectivity index (χ1v) is 6.83. The molecule has 0 bridgehead atoms. The maximum absolute atomic E-state index is 11.8. The third kappa shape index (κ3) is 4.31. The Morgan fingerprint density at radius 1 is 1.37 bits per heavy atom. The van der Waals surface area contributed by atoms with Crippen molar-refractivity contribution in [2.24, 2.45) is 0 Å². The van der Waals surface area contributed by atoms with Crippen LogP contribution in [0.1, 0.15) is 62.1 Å². The number of nitrogens with zero attached hydrogens (tertiary/aromatic N) is 3. The standard InChI is InChI=1S/C13H23N3O3/c1-4-19-13(18)11-12(10(2)3)16(15-14-11)8-6-5-7-9-17/h10,17H,4-9H2,1-3H3. The fourth-order valence-corrected chi connectivity index (χ4v) is 1.95. The number of hydrogen-bond acceptors (Lipinski definition) is 5. The molecule has 0 fully saturated rings. The van der Waals surface area contributed by atoms with Gasteiger partial charge in [0, 0.05) is 13.2 Å². The fraction of sp³-hybridized carbons (Fsp3) is 0.769. The molecule has 6 heteroatoms. The average molecular weight is 269 g/mol. The van der Waals surface area contributed by atoms with Gasteiger partial charge in [0.2, 0.25) is 0 Å². The number of aromatic nitrogens is 3. The van der Waals surface area contributed by atoms with Gasteiger partial charge in [-0.15, -0.1) is 5.10 Å². The van der Waals surface area contributed by atoms with Crippen molar-refractivity contribution in [2.45, 2.75) is 52.5 Å². The van der Waals surface area contributed by atoms with Crippen LogP contribution in [0.2, 0.25) is 0 Å². The number of unbranched alkanes of at least 4 members (excludes halogenated alkanes) is 2. The Morgan fingerprint density at radius 3 is 2.68 bits per heavy atom. The van der Waals surface area contributed by atoms with Crippen molar-refractivity contribution in [3.8, 4) is 0 Å². The summed E-state index contributed by atoms with van der Waals surface area (Å²) in [4.78, 5) is 11.8. The topological polar surface area (TPSA) is 77.2 Å². The second-order valence-electron chi connectivity index (χ2n) is 4.71. The highest BCUT2D eigenvalue weighted by molar-refractivity contribution is 5.88. The van der Waals surface area contributed by atoms with Crippen molar-refractivity contribution < 1.29 is 14.6 Å². The number of carbonyl (C=O) groups is 1. The zero-order valence-electron chi connectivity index (χ0n) is 11.9. The molecule has 0 aliphatic rings. The van der Waals surface area contributed by atoms with Crippen LogP contribution in [-0.2, 0) is 11.3 Å². The molecule has 0 aliphatic carbocycles. The van der Waals surface area contributed by atoms with E-state index in [2.05, 4.69) is 10.3 Å². The van der Waals surface area contributed by atoms with E-state index in [0.717, 1.165) is 25.0 Å². The molecule has 1 aromatic heterocycles. The first-order chi connectivity index (χ1) is 9.11. The normalized spacial score (nSPS) is 11.0. The van der Waals surface area contributed by atoms with Crippen LogP contribution in [0.4, 0.5) is 0 Å². The number of esters is 1. The molecule has 1 heterocycles. The van der Waals surface area contributed by atoms with Crippen molar-refractivity contribution in [2.75, 3.05) is 13.2 Å². The van der Waals surface area contributed by atoms with Crippen LogP contribution in [-0.4, -0.2) is 39.3 Å². The highest BCUT2D eigenvalue weighted by atomic mass is 16.5. The number of aryl methyl sites for hydroxylation is 1. The maximum atomic E-state index is 11.8. The van der Waals surface area contributed by atoms with Gasteiger partial charge in [0.25, 0.3) is 0 Å². The number of aliphatic hydroxyl groups is 1. The summed E-state index contributed by atoms with van der Waals surface area (Å²) in [6.07, 6.45) is 2.63. The Kier molecular flexibility index (Phi) is 6.49. The molecule has 0 radical (unpaired) electrons. The quantitative estimate of drug-likeness (QED) is 0.574. The molecule has 108 valence electrons. The minimum Gasteiger partial charge on any atom is -0.461 e. The van der Waals surface area contributed by atoms with Gasteiger partial charge < -0.3 is 9.84 Å². The van der Waals surface area contributed by atoms with E-state index in [1.807, 2.05) is 13.8 Å². The monoisotopic (exact) mass is 269 g/mol. The van der Waals surface area contributed by atoms with E-state index in [9.17, 15) is 4.79 Å². The van der Waals surface area contributed by atoms with E-state index in [1.54, 1.807) is 11.6 Å². The maximum Gasteiger partial charge on any atom is 0.360 e. The minimum atomic E-state index is -0.409. The van der Waals surface area contributed by atoms with Gasteiger partial charge in [-0.05, 0) is 32.1 Å². The van der Waals surface area contributed by atoms with Crippen LogP contribution < -0.4 is 0 Å². The molecule has 0 saturated heterocycles. The van der Waals surface area contributed by atoms with E-state index in [1.165, 1.54) is 0 Å². The molecule has 0 aromatic carbocycles. The highest BCUT2D eigenvalue weighted by Gasteiger charge is 2.22. The number of ether oxygens (including phenoxy) is 1. The van der Waals surface area contributed by atoms with Gasteiger partial charge in [-0.2, -0.15) is 0 Å². The highest BCUT2D eigenvalue weighted by Crippen LogP contribution is 2.19. The summed E-state index contributed by atoms with van der Waals surface area (Å²) < 4.78 is 6.76. The first kappa shape index (κ1) is 15.6. The van der Waals surface area contributed by atoms with Gasteiger partial charge >= 0.3 is 5.97 Å². The van der Waals surface area contributed by atoms with Crippen molar-refractivity contribution in [3.05, 3.63) is 11.4 Å². The van der Waals surface area contributed by atoms with Gasteiger partial charge in [-0.3, -0.25) is 0 Å². The SMILES string of the molecule is CCOC(=O)c1nnn(CCCCCO)c1C(C)C. The molecular weight excluding hydrogens is 246 g/mol. The first-order valence-electron chi connectivity index (χ1n) is 6.83. The Hall–Kier alpha value is -1.43. The van der Waals surface area contributed by atoms with Gasteiger partial charge in [0.05, 0.1) is 12.3 Å². The zero-order chi connectivity index (χ0) is 14.3. The zero-order valence-corrected chi connectivity index (χ0v) is 11.9. The summed E-state index contributed by atoms with van der Waals surface area (Å²) in [5.41, 5.74) is 1.14. The Bertz CT molecular complexity index is 402. The molecule has 1 rings (SSSR count). The molecule has 0 spiro atoms. The summed E-state index contributed by atoms with van der Waals surface area (Å²) in [6, 6.07) is 0. The van der Waals surface area contributed by atoms with Crippen LogP contribution in [0.5, 0.6) is 0 Å². The smallest absolute Gasteiger partial charge is 0.360 e. The number of rotatable bonds is 8. The van der Waals surface area contributed by atoms with Crippen molar-refractivity contribution in [1.29, 1.82) is 0 Å². The van der Waals surface area contributed by atoms with Crippen LogP contribution in [0.15, 0.2) is 0 Å². The molecule has 19 heavy (non-hydrogen) atoms. The van der Waals surface area contributed by atoms with E-state index in [0.29, 0.717) is 18.8 Å². The number of hydrogen-bond donors (Lipinski definition) is 1. The average Bonchev–Trinajstić information content (AvgIpc) is 2.79. The van der Waals surface area contributed by atoms with Crippen LogP contribution in [0.3, 0.4) is 0 Å². The third-order valence-corrected chi connectivity index (χ3v) is 2.82. The summed E-state index contributed by atoms with van der Waals surface area (Å²) >= 11 is 0. The Morgan fingerprint density at radius 2 is 2.11 bits per heavy atom. The lowest BCUT2D eigenvalue weighted by Gasteiger charge is -2.10. The van der Waals surface area contributed by atoms with E-state index in [-0.39, 0.29) is 12.5 Å². The lowest BCUT2D eigenvalue weighted by molar-refractivity contribution is 0.0517. The summed E-state index contributed by atoms with van der Waals surface area (Å²) in [5.74, 6) is -0.250. The number of aliphatic hydroxyl groups excluding tert-OH is 1. The van der Waals surface area contributed by atoms with E-state index in [4.69, 9.17) is 9.84 Å². The second-order valence-corrected chi connectivity index (χ2v) is 4.71. The van der Waals surface area contributed by atoms with Gasteiger partial charge in [-0.25, -0.2) is 9.48 Å². The molecule has 0 atom stereocenters. The molecule has 0 unspecified atom stereocenters. The van der Waals surface area contributed by atoms with Crippen molar-refractivity contribution in [1.82, 2.24) is 15.0 Å². The van der Waals surface area contributed by atoms with E-state index < -0.39 is 5.97 Å². The summed E-state index contributed by atoms with van der Waals surface area (Å²) in [6.45, 7) is 7.03. The van der Waals surface area contributed by atoms with E-state index >= 15 is 0 Å². The van der Waals surface area contributed by atoms with Crippen LogP contribution >= 0.6 is 0 Å². The van der Waals surface area contributed by atoms with Gasteiger partial charge in [-0.1, -0.05) is 19.1 Å². The summed E-state index contributed by atoms with van der Waals surface area (Å²) in [5, 5.41) is 16.7. The lowest BCUT2D eigenvalue weighted by Crippen LogP contribution is -2.12. The largest absolute Gasteiger partial charge is 0.461 e. The molecule has 0 saturated carbocycles. The predicted molar refractivity (Wildman–Crippen MR) is 71.0 cm³/mol. The lowest BCUT2D eigenvalue weighted by atomic mass is 10.1. The summed E-state index contributed by atoms with van der Waals surface area (Å²) in [7, 11) is 0. The van der Waals surface area contributed by atoms with Crippen molar-refractivity contribution in [3.63, 3.8) is 0 Å². The Labute approximate surface area is 113 Å². The molecule has 0 aliphatic heterocycles. The Balaban J connectivity index is 2.78. The third-order valence-electron chi connectivity index (χ3n) is 2.82. The molecular formula is C13H23N3O3. The fourth-order valence-electron chi connectivity index (χ4n) is 1.95. The van der Waals surface area contributed by atoms with Gasteiger partial charge in [0.1, 0.15) is 0 Å². The molecule has 1 aromatic rings. The van der Waals surface area contributed by atoms with Crippen LogP contribution in [0.25, 0.3) is 0 Å².